The molecule has 0 aliphatic rings. The van der Waals surface area contributed by atoms with E-state index in [4.69, 9.17) is 5.73 Å². The number of rotatable bonds is 11. The number of amides is 1. The molecule has 1 heterocycles. The Kier molecular flexibility index (Phi) is 9.60. The second-order valence-corrected chi connectivity index (χ2v) is 7.68. The third-order valence-electron chi connectivity index (χ3n) is 5.24. The number of Topliss-reactive ketones (excluding diaryl/α,β-unsaturated/α-hetero) is 1. The van der Waals surface area contributed by atoms with E-state index in [1.807, 2.05) is 34.6 Å². The van der Waals surface area contributed by atoms with Gasteiger partial charge in [-0.05, 0) is 36.8 Å². The van der Waals surface area contributed by atoms with Crippen molar-refractivity contribution in [1.82, 2.24) is 10.3 Å². The highest BCUT2D eigenvalue weighted by Crippen LogP contribution is 2.23. The van der Waals surface area contributed by atoms with Crippen LogP contribution in [0.4, 0.5) is 0 Å². The summed E-state index contributed by atoms with van der Waals surface area (Å²) in [5.41, 5.74) is 7.11. The molecule has 0 radical (unpaired) electrons. The Morgan fingerprint density at radius 2 is 1.89 bits per heavy atom. The number of carbonyl (C=O) groups is 2. The standard InChI is InChI=1S/C21H35N3O3/c1-6-14(5)19(22)21(27)24-12-16-10-15(8-9-23-16)20(26)18(13(3)4)11-17(25)7-2/h8-10,13-14,17-19,25H,6-7,11-12,22H2,1-5H3,(H,24,27)/t14-,17-,18?,19-/m0/s1. The van der Waals surface area contributed by atoms with Crippen LogP contribution in [-0.4, -0.2) is 33.9 Å². The van der Waals surface area contributed by atoms with Crippen molar-refractivity contribution in [3.05, 3.63) is 29.6 Å². The van der Waals surface area contributed by atoms with Gasteiger partial charge in [-0.15, -0.1) is 0 Å². The van der Waals surface area contributed by atoms with E-state index in [1.165, 1.54) is 0 Å². The lowest BCUT2D eigenvalue weighted by Crippen LogP contribution is -2.44. The SMILES string of the molecule is CC[C@H](O)CC(C(=O)c1ccnc(CNC(=O)[C@@H](N)[C@@H](C)CC)c1)C(C)C. The van der Waals surface area contributed by atoms with E-state index < -0.39 is 12.1 Å². The van der Waals surface area contributed by atoms with Crippen molar-refractivity contribution in [2.24, 2.45) is 23.5 Å². The van der Waals surface area contributed by atoms with Crippen molar-refractivity contribution in [1.29, 1.82) is 0 Å². The fourth-order valence-corrected chi connectivity index (χ4v) is 2.89. The number of ketones is 1. The van der Waals surface area contributed by atoms with Crippen LogP contribution < -0.4 is 11.1 Å². The number of carbonyl (C=O) groups excluding carboxylic acids is 2. The van der Waals surface area contributed by atoms with Crippen molar-refractivity contribution >= 4 is 11.7 Å². The lowest BCUT2D eigenvalue weighted by molar-refractivity contribution is -0.123. The first-order chi connectivity index (χ1) is 12.7. The van der Waals surface area contributed by atoms with Crippen LogP contribution in [0.2, 0.25) is 0 Å². The summed E-state index contributed by atoms with van der Waals surface area (Å²) in [4.78, 5) is 29.3. The van der Waals surface area contributed by atoms with Crippen molar-refractivity contribution < 1.29 is 14.7 Å². The third-order valence-corrected chi connectivity index (χ3v) is 5.24. The first-order valence-electron chi connectivity index (χ1n) is 9.91. The fourth-order valence-electron chi connectivity index (χ4n) is 2.89. The van der Waals surface area contributed by atoms with Crippen molar-refractivity contribution in [3.8, 4) is 0 Å². The van der Waals surface area contributed by atoms with E-state index in [0.717, 1.165) is 6.42 Å². The molecule has 4 atom stereocenters. The molecular formula is C21H35N3O3. The van der Waals surface area contributed by atoms with Gasteiger partial charge in [-0.2, -0.15) is 0 Å². The van der Waals surface area contributed by atoms with Gasteiger partial charge in [-0.25, -0.2) is 0 Å². The molecule has 0 saturated heterocycles. The van der Waals surface area contributed by atoms with Crippen LogP contribution in [-0.2, 0) is 11.3 Å². The molecule has 0 fully saturated rings. The van der Waals surface area contributed by atoms with E-state index in [1.54, 1.807) is 18.3 Å². The number of hydrogen-bond acceptors (Lipinski definition) is 5. The van der Waals surface area contributed by atoms with Crippen LogP contribution in [0.15, 0.2) is 18.3 Å². The molecule has 0 spiro atoms. The van der Waals surface area contributed by atoms with Gasteiger partial charge < -0.3 is 16.2 Å². The fraction of sp³-hybridized carbons (Fsp3) is 0.667. The van der Waals surface area contributed by atoms with Gasteiger partial charge in [0, 0.05) is 17.7 Å². The first-order valence-corrected chi connectivity index (χ1v) is 9.91. The number of nitrogens with zero attached hydrogens (tertiary/aromatic N) is 1. The molecule has 4 N–H and O–H groups in total. The molecule has 0 aliphatic carbocycles. The first kappa shape index (κ1) is 23.2. The van der Waals surface area contributed by atoms with Gasteiger partial charge >= 0.3 is 0 Å². The monoisotopic (exact) mass is 377 g/mol. The quantitative estimate of drug-likeness (QED) is 0.514. The van der Waals surface area contributed by atoms with Crippen LogP contribution >= 0.6 is 0 Å². The highest BCUT2D eigenvalue weighted by atomic mass is 16.3. The summed E-state index contributed by atoms with van der Waals surface area (Å²) >= 11 is 0. The van der Waals surface area contributed by atoms with Crippen LogP contribution in [0.5, 0.6) is 0 Å². The Hall–Kier alpha value is -1.79. The smallest absolute Gasteiger partial charge is 0.237 e. The molecule has 1 aromatic rings. The van der Waals surface area contributed by atoms with Crippen LogP contribution in [0.3, 0.4) is 0 Å². The van der Waals surface area contributed by atoms with E-state index in [2.05, 4.69) is 10.3 Å². The van der Waals surface area contributed by atoms with E-state index >= 15 is 0 Å². The zero-order valence-corrected chi connectivity index (χ0v) is 17.2. The molecule has 152 valence electrons. The molecule has 1 amide bonds. The number of aromatic nitrogens is 1. The minimum atomic E-state index is -0.555. The Morgan fingerprint density at radius 1 is 1.22 bits per heavy atom. The number of aliphatic hydroxyl groups is 1. The molecule has 0 aromatic carbocycles. The zero-order valence-electron chi connectivity index (χ0n) is 17.2. The van der Waals surface area contributed by atoms with Crippen molar-refractivity contribution in [2.75, 3.05) is 0 Å². The number of pyridine rings is 1. The van der Waals surface area contributed by atoms with Gasteiger partial charge in [0.15, 0.2) is 5.78 Å². The summed E-state index contributed by atoms with van der Waals surface area (Å²) in [5, 5.41) is 12.8. The predicted molar refractivity (Wildman–Crippen MR) is 107 cm³/mol. The summed E-state index contributed by atoms with van der Waals surface area (Å²) in [5.74, 6) is -0.229. The Balaban J connectivity index is 2.82. The number of aliphatic hydroxyl groups excluding tert-OH is 1. The molecular weight excluding hydrogens is 342 g/mol. The average molecular weight is 378 g/mol. The zero-order chi connectivity index (χ0) is 20.6. The number of hydrogen-bond donors (Lipinski definition) is 3. The van der Waals surface area contributed by atoms with Crippen molar-refractivity contribution in [3.63, 3.8) is 0 Å². The molecule has 27 heavy (non-hydrogen) atoms. The normalized spacial score (nSPS) is 15.9. The molecule has 1 aromatic heterocycles. The lowest BCUT2D eigenvalue weighted by Gasteiger charge is -2.22. The molecule has 0 bridgehead atoms. The maximum Gasteiger partial charge on any atom is 0.237 e. The van der Waals surface area contributed by atoms with Gasteiger partial charge in [0.05, 0.1) is 24.4 Å². The van der Waals surface area contributed by atoms with Crippen LogP contribution in [0.25, 0.3) is 0 Å². The Bertz CT molecular complexity index is 618. The van der Waals surface area contributed by atoms with E-state index in [9.17, 15) is 14.7 Å². The molecule has 1 rings (SSSR count). The number of nitrogens with two attached hydrogens (primary N) is 1. The van der Waals surface area contributed by atoms with Gasteiger partial charge in [0.25, 0.3) is 0 Å². The van der Waals surface area contributed by atoms with Gasteiger partial charge in [-0.3, -0.25) is 14.6 Å². The molecule has 0 aliphatic heterocycles. The second-order valence-electron chi connectivity index (χ2n) is 7.68. The lowest BCUT2D eigenvalue weighted by atomic mass is 9.83. The Morgan fingerprint density at radius 3 is 2.44 bits per heavy atom. The average Bonchev–Trinajstić information content (AvgIpc) is 2.68. The summed E-state index contributed by atoms with van der Waals surface area (Å²) in [6.45, 7) is 10.1. The third kappa shape index (κ3) is 7.03. The van der Waals surface area contributed by atoms with Crippen LogP contribution in [0, 0.1) is 17.8 Å². The second kappa shape index (κ2) is 11.1. The molecule has 0 saturated carbocycles. The predicted octanol–water partition coefficient (Wildman–Crippen LogP) is 2.69. The van der Waals surface area contributed by atoms with Crippen molar-refractivity contribution in [2.45, 2.75) is 72.6 Å². The maximum atomic E-state index is 12.9. The highest BCUT2D eigenvalue weighted by molar-refractivity contribution is 5.98. The highest BCUT2D eigenvalue weighted by Gasteiger charge is 2.26. The van der Waals surface area contributed by atoms with E-state index in [0.29, 0.717) is 24.1 Å². The minimum absolute atomic E-state index is 0.00350. The number of nitrogens with one attached hydrogen (secondary N) is 1. The maximum absolute atomic E-state index is 12.9. The summed E-state index contributed by atoms with van der Waals surface area (Å²) in [6, 6.07) is 2.85. The summed E-state index contributed by atoms with van der Waals surface area (Å²) in [6.07, 6.45) is 3.00. The molecule has 1 unspecified atom stereocenters. The van der Waals surface area contributed by atoms with Crippen LogP contribution in [0.1, 0.15) is 69.9 Å². The molecule has 6 heteroatoms. The minimum Gasteiger partial charge on any atom is -0.393 e. The summed E-state index contributed by atoms with van der Waals surface area (Å²) in [7, 11) is 0. The summed E-state index contributed by atoms with van der Waals surface area (Å²) < 4.78 is 0. The Labute approximate surface area is 162 Å². The largest absolute Gasteiger partial charge is 0.393 e. The topological polar surface area (TPSA) is 105 Å². The van der Waals surface area contributed by atoms with Gasteiger partial charge in [0.2, 0.25) is 5.91 Å². The molecule has 6 nitrogen and oxygen atoms in total. The van der Waals surface area contributed by atoms with Gasteiger partial charge in [-0.1, -0.05) is 41.0 Å². The van der Waals surface area contributed by atoms with E-state index in [-0.39, 0.29) is 36.0 Å². The van der Waals surface area contributed by atoms with Gasteiger partial charge in [0.1, 0.15) is 0 Å².